The molecule has 0 aromatic carbocycles. The van der Waals surface area contributed by atoms with E-state index in [4.69, 9.17) is 0 Å². The molecule has 2 amide bonds. The molecule has 0 aromatic heterocycles. The van der Waals surface area contributed by atoms with Gasteiger partial charge in [0, 0.05) is 13.0 Å². The molecular formula is C12H22N2O2. The second-order valence-electron chi connectivity index (χ2n) is 4.89. The first-order chi connectivity index (χ1) is 7.50. The van der Waals surface area contributed by atoms with Crippen LogP contribution in [0.25, 0.3) is 0 Å². The normalized spacial score (nSPS) is 18.5. The Morgan fingerprint density at radius 1 is 1.12 bits per heavy atom. The van der Waals surface area contributed by atoms with Gasteiger partial charge in [-0.25, -0.2) is 0 Å². The van der Waals surface area contributed by atoms with Gasteiger partial charge in [-0.3, -0.25) is 9.59 Å². The van der Waals surface area contributed by atoms with Crippen LogP contribution in [0.5, 0.6) is 0 Å². The third-order valence-electron chi connectivity index (χ3n) is 2.94. The van der Waals surface area contributed by atoms with E-state index in [2.05, 4.69) is 10.6 Å². The highest BCUT2D eigenvalue weighted by molar-refractivity contribution is 5.87. The Hall–Kier alpha value is -1.06. The zero-order valence-corrected chi connectivity index (χ0v) is 10.4. The van der Waals surface area contributed by atoms with Crippen LogP contribution in [0.3, 0.4) is 0 Å². The zero-order valence-electron chi connectivity index (χ0n) is 10.4. The molecule has 0 saturated heterocycles. The maximum atomic E-state index is 12.0. The molecule has 1 rings (SSSR count). The Kier molecular flexibility index (Phi) is 4.77. The fourth-order valence-electron chi connectivity index (χ4n) is 2.28. The molecule has 2 N–H and O–H groups in total. The van der Waals surface area contributed by atoms with Gasteiger partial charge in [-0.1, -0.05) is 12.8 Å². The van der Waals surface area contributed by atoms with Crippen LogP contribution < -0.4 is 10.6 Å². The molecule has 0 heterocycles. The highest BCUT2D eigenvalue weighted by Crippen LogP contribution is 2.27. The Bertz CT molecular complexity index is 258. The van der Waals surface area contributed by atoms with E-state index in [1.54, 1.807) is 0 Å². The molecule has 92 valence electrons. The zero-order chi connectivity index (χ0) is 12.1. The van der Waals surface area contributed by atoms with Gasteiger partial charge in [-0.2, -0.15) is 0 Å². The van der Waals surface area contributed by atoms with E-state index in [1.165, 1.54) is 6.92 Å². The molecule has 1 atom stereocenters. The minimum Gasteiger partial charge on any atom is -0.352 e. The second-order valence-corrected chi connectivity index (χ2v) is 4.89. The van der Waals surface area contributed by atoms with Gasteiger partial charge in [0.15, 0.2) is 0 Å². The first-order valence-electron chi connectivity index (χ1n) is 6.08. The van der Waals surface area contributed by atoms with Crippen molar-refractivity contribution in [2.24, 2.45) is 5.92 Å². The Labute approximate surface area is 97.2 Å². The first-order valence-corrected chi connectivity index (χ1v) is 6.08. The van der Waals surface area contributed by atoms with Crippen molar-refractivity contribution >= 4 is 11.8 Å². The highest BCUT2D eigenvalue weighted by Gasteiger charge is 2.31. The van der Waals surface area contributed by atoms with E-state index < -0.39 is 0 Å². The summed E-state index contributed by atoms with van der Waals surface area (Å²) in [6.45, 7) is 5.32. The van der Waals surface area contributed by atoms with Gasteiger partial charge in [0.05, 0.1) is 0 Å². The molecule has 1 aliphatic carbocycles. The quantitative estimate of drug-likeness (QED) is 0.757. The number of nitrogens with one attached hydrogen (secondary N) is 2. The van der Waals surface area contributed by atoms with Crippen molar-refractivity contribution in [3.05, 3.63) is 0 Å². The van der Waals surface area contributed by atoms with E-state index >= 15 is 0 Å². The summed E-state index contributed by atoms with van der Waals surface area (Å²) in [5.41, 5.74) is 0. The van der Waals surface area contributed by atoms with Crippen molar-refractivity contribution in [3.8, 4) is 0 Å². The molecule has 1 unspecified atom stereocenters. The largest absolute Gasteiger partial charge is 0.352 e. The summed E-state index contributed by atoms with van der Waals surface area (Å²) in [5.74, 6) is 0.135. The van der Waals surface area contributed by atoms with Crippen LogP contribution in [0.4, 0.5) is 0 Å². The summed E-state index contributed by atoms with van der Waals surface area (Å²) < 4.78 is 0. The molecule has 0 bridgehead atoms. The van der Waals surface area contributed by atoms with Crippen molar-refractivity contribution in [1.29, 1.82) is 0 Å². The topological polar surface area (TPSA) is 58.2 Å². The second kappa shape index (κ2) is 5.87. The summed E-state index contributed by atoms with van der Waals surface area (Å²) in [4.78, 5) is 23.1. The molecule has 4 heteroatoms. The number of carbonyl (C=O) groups is 2. The van der Waals surface area contributed by atoms with E-state index in [-0.39, 0.29) is 23.9 Å². The minimum absolute atomic E-state index is 0.0444. The molecule has 0 radical (unpaired) electrons. The van der Waals surface area contributed by atoms with Crippen LogP contribution in [0.2, 0.25) is 0 Å². The maximum Gasteiger partial charge on any atom is 0.243 e. The van der Waals surface area contributed by atoms with Crippen LogP contribution >= 0.6 is 0 Å². The van der Waals surface area contributed by atoms with Crippen LogP contribution in [0.15, 0.2) is 0 Å². The van der Waals surface area contributed by atoms with E-state index in [1.807, 2.05) is 13.8 Å². The Morgan fingerprint density at radius 2 is 1.69 bits per heavy atom. The van der Waals surface area contributed by atoms with E-state index in [9.17, 15) is 9.59 Å². The Balaban J connectivity index is 2.61. The lowest BCUT2D eigenvalue weighted by atomic mass is 9.97. The van der Waals surface area contributed by atoms with Gasteiger partial charge in [-0.15, -0.1) is 0 Å². The molecule has 0 aliphatic heterocycles. The Morgan fingerprint density at radius 3 is 2.12 bits per heavy atom. The van der Waals surface area contributed by atoms with Gasteiger partial charge in [0.25, 0.3) is 0 Å². The van der Waals surface area contributed by atoms with Crippen LogP contribution in [0, 0.1) is 5.92 Å². The number of amides is 2. The molecule has 1 fully saturated rings. The van der Waals surface area contributed by atoms with Crippen LogP contribution in [-0.2, 0) is 9.59 Å². The first kappa shape index (κ1) is 13.0. The summed E-state index contributed by atoms with van der Waals surface area (Å²) >= 11 is 0. The lowest BCUT2D eigenvalue weighted by Gasteiger charge is -2.24. The van der Waals surface area contributed by atoms with Crippen LogP contribution in [-0.4, -0.2) is 23.9 Å². The number of rotatable bonds is 4. The average Bonchev–Trinajstić information content (AvgIpc) is 2.64. The molecule has 1 saturated carbocycles. The molecule has 16 heavy (non-hydrogen) atoms. The average molecular weight is 226 g/mol. The fraction of sp³-hybridized carbons (Fsp3) is 0.833. The molecule has 1 aliphatic rings. The summed E-state index contributed by atoms with van der Waals surface area (Å²) in [5, 5.41) is 5.65. The SMILES string of the molecule is CC(=O)NC(C(=O)NC(C)C)C1CCCC1. The van der Waals surface area contributed by atoms with Crippen molar-refractivity contribution in [1.82, 2.24) is 10.6 Å². The van der Waals surface area contributed by atoms with Crippen molar-refractivity contribution in [3.63, 3.8) is 0 Å². The molecular weight excluding hydrogens is 204 g/mol. The predicted molar refractivity (Wildman–Crippen MR) is 62.8 cm³/mol. The predicted octanol–water partition coefficient (Wildman–Crippen LogP) is 1.21. The summed E-state index contributed by atoms with van der Waals surface area (Å²) in [7, 11) is 0. The molecule has 0 aromatic rings. The lowest BCUT2D eigenvalue weighted by Crippen LogP contribution is -2.51. The third kappa shape index (κ3) is 3.83. The third-order valence-corrected chi connectivity index (χ3v) is 2.94. The molecule has 4 nitrogen and oxygen atoms in total. The molecule has 0 spiro atoms. The van der Waals surface area contributed by atoms with Gasteiger partial charge in [0.1, 0.15) is 6.04 Å². The number of hydrogen-bond donors (Lipinski definition) is 2. The van der Waals surface area contributed by atoms with E-state index in [0.717, 1.165) is 25.7 Å². The van der Waals surface area contributed by atoms with Crippen molar-refractivity contribution < 1.29 is 9.59 Å². The fourth-order valence-corrected chi connectivity index (χ4v) is 2.28. The van der Waals surface area contributed by atoms with Gasteiger partial charge in [-0.05, 0) is 32.6 Å². The van der Waals surface area contributed by atoms with Crippen LogP contribution in [0.1, 0.15) is 46.5 Å². The number of carbonyl (C=O) groups excluding carboxylic acids is 2. The monoisotopic (exact) mass is 226 g/mol. The number of hydrogen-bond acceptors (Lipinski definition) is 2. The van der Waals surface area contributed by atoms with Crippen molar-refractivity contribution in [2.75, 3.05) is 0 Å². The van der Waals surface area contributed by atoms with E-state index in [0.29, 0.717) is 5.92 Å². The summed E-state index contributed by atoms with van der Waals surface area (Å²) in [6, 6.07) is -0.229. The van der Waals surface area contributed by atoms with Gasteiger partial charge >= 0.3 is 0 Å². The minimum atomic E-state index is -0.345. The maximum absolute atomic E-state index is 12.0. The highest BCUT2D eigenvalue weighted by atomic mass is 16.2. The standard InChI is InChI=1S/C12H22N2O2/c1-8(2)13-12(16)11(14-9(3)15)10-6-4-5-7-10/h8,10-11H,4-7H2,1-3H3,(H,13,16)(H,14,15). The lowest BCUT2D eigenvalue weighted by molar-refractivity contribution is -0.129. The van der Waals surface area contributed by atoms with Gasteiger partial charge in [0.2, 0.25) is 11.8 Å². The van der Waals surface area contributed by atoms with Crippen molar-refractivity contribution in [2.45, 2.75) is 58.5 Å². The smallest absolute Gasteiger partial charge is 0.243 e. The summed E-state index contributed by atoms with van der Waals surface area (Å²) in [6.07, 6.45) is 4.40. The van der Waals surface area contributed by atoms with Gasteiger partial charge < -0.3 is 10.6 Å².